The zero-order valence-electron chi connectivity index (χ0n) is 16.3. The topological polar surface area (TPSA) is 93.7 Å². The summed E-state index contributed by atoms with van der Waals surface area (Å²) >= 11 is 0. The monoisotopic (exact) mass is 398 g/mol. The molecule has 1 aliphatic rings. The summed E-state index contributed by atoms with van der Waals surface area (Å²) in [5.41, 5.74) is 0.666. The van der Waals surface area contributed by atoms with Gasteiger partial charge in [0, 0.05) is 19.2 Å². The SMILES string of the molecule is COC[C@@H](C)NC(=O)COc1ccc(S(=O)(=O)NC2CCCCC2)cc1C. The van der Waals surface area contributed by atoms with Crippen LogP contribution < -0.4 is 14.8 Å². The third kappa shape index (κ3) is 6.79. The predicted molar refractivity (Wildman–Crippen MR) is 103 cm³/mol. The highest BCUT2D eigenvalue weighted by Crippen LogP contribution is 2.24. The zero-order valence-corrected chi connectivity index (χ0v) is 17.1. The van der Waals surface area contributed by atoms with Crippen molar-refractivity contribution in [2.45, 2.75) is 62.9 Å². The van der Waals surface area contributed by atoms with E-state index in [2.05, 4.69) is 10.0 Å². The number of benzene rings is 1. The summed E-state index contributed by atoms with van der Waals surface area (Å²) in [5.74, 6) is 0.232. The number of hydrogen-bond acceptors (Lipinski definition) is 5. The smallest absolute Gasteiger partial charge is 0.258 e. The van der Waals surface area contributed by atoms with Crippen molar-refractivity contribution < 1.29 is 22.7 Å². The molecule has 1 saturated carbocycles. The highest BCUT2D eigenvalue weighted by atomic mass is 32.2. The van der Waals surface area contributed by atoms with Crippen LogP contribution in [0.3, 0.4) is 0 Å². The molecule has 0 aromatic heterocycles. The number of carbonyl (C=O) groups is 1. The van der Waals surface area contributed by atoms with Crippen molar-refractivity contribution in [1.82, 2.24) is 10.0 Å². The van der Waals surface area contributed by atoms with Gasteiger partial charge in [0.25, 0.3) is 5.91 Å². The molecule has 8 heteroatoms. The van der Waals surface area contributed by atoms with Crippen molar-refractivity contribution in [3.8, 4) is 5.75 Å². The second kappa shape index (κ2) is 10.1. The van der Waals surface area contributed by atoms with Crippen molar-refractivity contribution >= 4 is 15.9 Å². The van der Waals surface area contributed by atoms with Gasteiger partial charge in [-0.25, -0.2) is 13.1 Å². The largest absolute Gasteiger partial charge is 0.484 e. The van der Waals surface area contributed by atoms with Crippen LogP contribution in [0.25, 0.3) is 0 Å². The first-order valence-corrected chi connectivity index (χ1v) is 10.8. The molecule has 0 heterocycles. The Hall–Kier alpha value is -1.64. The summed E-state index contributed by atoms with van der Waals surface area (Å²) in [4.78, 5) is 12.1. The van der Waals surface area contributed by atoms with E-state index in [1.165, 1.54) is 12.5 Å². The third-order valence-electron chi connectivity index (χ3n) is 4.57. The first-order valence-electron chi connectivity index (χ1n) is 9.36. The molecule has 1 atom stereocenters. The number of amides is 1. The maximum Gasteiger partial charge on any atom is 0.258 e. The van der Waals surface area contributed by atoms with Gasteiger partial charge in [-0.15, -0.1) is 0 Å². The fourth-order valence-electron chi connectivity index (χ4n) is 3.21. The van der Waals surface area contributed by atoms with Gasteiger partial charge in [-0.2, -0.15) is 0 Å². The van der Waals surface area contributed by atoms with Crippen LogP contribution in [0.4, 0.5) is 0 Å². The van der Waals surface area contributed by atoms with Gasteiger partial charge in [0.05, 0.1) is 11.5 Å². The molecule has 0 saturated heterocycles. The summed E-state index contributed by atoms with van der Waals surface area (Å²) in [7, 11) is -1.98. The lowest BCUT2D eigenvalue weighted by Gasteiger charge is -2.22. The Morgan fingerprint density at radius 2 is 1.96 bits per heavy atom. The average molecular weight is 399 g/mol. The molecule has 152 valence electrons. The Morgan fingerprint density at radius 1 is 1.26 bits per heavy atom. The van der Waals surface area contributed by atoms with Crippen LogP contribution >= 0.6 is 0 Å². The minimum atomic E-state index is -3.55. The molecular formula is C19H30N2O5S. The Bertz CT molecular complexity index is 730. The molecule has 2 N–H and O–H groups in total. The van der Waals surface area contributed by atoms with Crippen LogP contribution in [0.2, 0.25) is 0 Å². The molecule has 0 bridgehead atoms. The van der Waals surface area contributed by atoms with Gasteiger partial charge in [0.2, 0.25) is 10.0 Å². The van der Waals surface area contributed by atoms with E-state index in [0.29, 0.717) is 17.9 Å². The molecule has 0 radical (unpaired) electrons. The maximum absolute atomic E-state index is 12.6. The molecular weight excluding hydrogens is 368 g/mol. The number of rotatable bonds is 9. The number of sulfonamides is 1. The molecule has 1 aliphatic carbocycles. The highest BCUT2D eigenvalue weighted by molar-refractivity contribution is 7.89. The summed E-state index contributed by atoms with van der Waals surface area (Å²) in [5, 5.41) is 2.76. The van der Waals surface area contributed by atoms with Crippen LogP contribution in [-0.2, 0) is 19.6 Å². The Labute approximate surface area is 161 Å². The van der Waals surface area contributed by atoms with Crippen molar-refractivity contribution in [2.75, 3.05) is 20.3 Å². The second-order valence-electron chi connectivity index (χ2n) is 7.10. The van der Waals surface area contributed by atoms with E-state index in [1.54, 1.807) is 26.2 Å². The van der Waals surface area contributed by atoms with Crippen LogP contribution in [0.15, 0.2) is 23.1 Å². The van der Waals surface area contributed by atoms with Crippen molar-refractivity contribution in [3.05, 3.63) is 23.8 Å². The standard InChI is InChI=1S/C19H30N2O5S/c1-14-11-17(27(23,24)21-16-7-5-4-6-8-16)9-10-18(14)26-13-19(22)20-15(2)12-25-3/h9-11,15-16,21H,4-8,12-13H2,1-3H3,(H,20,22)/t15-/m1/s1. The zero-order chi connectivity index (χ0) is 19.9. The quantitative estimate of drug-likeness (QED) is 0.665. The Balaban J connectivity index is 1.95. The molecule has 1 fully saturated rings. The molecule has 7 nitrogen and oxygen atoms in total. The van der Waals surface area contributed by atoms with E-state index in [0.717, 1.165) is 25.7 Å². The van der Waals surface area contributed by atoms with E-state index in [9.17, 15) is 13.2 Å². The van der Waals surface area contributed by atoms with E-state index in [1.807, 2.05) is 6.92 Å². The summed E-state index contributed by atoms with van der Waals surface area (Å²) in [6, 6.07) is 4.59. The normalized spacial score (nSPS) is 16.7. The number of ether oxygens (including phenoxy) is 2. The Morgan fingerprint density at radius 3 is 2.59 bits per heavy atom. The van der Waals surface area contributed by atoms with Gasteiger partial charge < -0.3 is 14.8 Å². The molecule has 0 unspecified atom stereocenters. The van der Waals surface area contributed by atoms with Crippen molar-refractivity contribution in [3.63, 3.8) is 0 Å². The molecule has 27 heavy (non-hydrogen) atoms. The van der Waals surface area contributed by atoms with E-state index >= 15 is 0 Å². The van der Waals surface area contributed by atoms with Crippen LogP contribution in [0.1, 0.15) is 44.6 Å². The third-order valence-corrected chi connectivity index (χ3v) is 6.08. The van der Waals surface area contributed by atoms with Gasteiger partial charge in [-0.05, 0) is 50.5 Å². The first kappa shape index (κ1) is 21.7. The summed E-state index contributed by atoms with van der Waals surface area (Å²) in [6.45, 7) is 3.89. The number of aryl methyl sites for hydroxylation is 1. The summed E-state index contributed by atoms with van der Waals surface area (Å²) in [6.07, 6.45) is 5.06. The lowest BCUT2D eigenvalue weighted by Crippen LogP contribution is -2.38. The number of carbonyl (C=O) groups excluding carboxylic acids is 1. The van der Waals surface area contributed by atoms with Gasteiger partial charge in [-0.3, -0.25) is 4.79 Å². The Kier molecular flexibility index (Phi) is 8.07. The number of hydrogen-bond donors (Lipinski definition) is 2. The highest BCUT2D eigenvalue weighted by Gasteiger charge is 2.22. The van der Waals surface area contributed by atoms with Gasteiger partial charge in [0.1, 0.15) is 5.75 Å². The molecule has 0 spiro atoms. The molecule has 1 amide bonds. The molecule has 1 aromatic rings. The lowest BCUT2D eigenvalue weighted by molar-refractivity contribution is -0.124. The maximum atomic E-state index is 12.6. The van der Waals surface area contributed by atoms with Crippen molar-refractivity contribution in [2.24, 2.45) is 0 Å². The van der Waals surface area contributed by atoms with Crippen LogP contribution in [-0.4, -0.2) is 46.7 Å². The summed E-state index contributed by atoms with van der Waals surface area (Å²) < 4.78 is 38.5. The van der Waals surface area contributed by atoms with Crippen LogP contribution in [0, 0.1) is 6.92 Å². The predicted octanol–water partition coefficient (Wildman–Crippen LogP) is 2.14. The molecule has 0 aliphatic heterocycles. The fraction of sp³-hybridized carbons (Fsp3) is 0.632. The van der Waals surface area contributed by atoms with Crippen LogP contribution in [0.5, 0.6) is 5.75 Å². The van der Waals surface area contributed by atoms with Gasteiger partial charge >= 0.3 is 0 Å². The first-order chi connectivity index (χ1) is 12.8. The van der Waals surface area contributed by atoms with Gasteiger partial charge in [-0.1, -0.05) is 19.3 Å². The van der Waals surface area contributed by atoms with Gasteiger partial charge in [0.15, 0.2) is 6.61 Å². The van der Waals surface area contributed by atoms with E-state index < -0.39 is 10.0 Å². The van der Waals surface area contributed by atoms with Crippen molar-refractivity contribution in [1.29, 1.82) is 0 Å². The minimum Gasteiger partial charge on any atom is -0.484 e. The van der Waals surface area contributed by atoms with E-state index in [4.69, 9.17) is 9.47 Å². The van der Waals surface area contributed by atoms with E-state index in [-0.39, 0.29) is 29.5 Å². The fourth-order valence-corrected chi connectivity index (χ4v) is 4.60. The average Bonchev–Trinajstić information content (AvgIpc) is 2.61. The number of nitrogens with one attached hydrogen (secondary N) is 2. The minimum absolute atomic E-state index is 0.0118. The molecule has 1 aromatic carbocycles. The number of methoxy groups -OCH3 is 1. The second-order valence-corrected chi connectivity index (χ2v) is 8.81. The lowest BCUT2D eigenvalue weighted by atomic mass is 9.96. The molecule has 2 rings (SSSR count).